The summed E-state index contributed by atoms with van der Waals surface area (Å²) in [5.74, 6) is 0.910. The normalized spacial score (nSPS) is 35.0. The van der Waals surface area contributed by atoms with Gasteiger partial charge in [-0.1, -0.05) is 12.1 Å². The van der Waals surface area contributed by atoms with Gasteiger partial charge in [-0.2, -0.15) is 0 Å². The second-order valence-corrected chi connectivity index (χ2v) is 8.83. The Kier molecular flexibility index (Phi) is 3.32. The van der Waals surface area contributed by atoms with Crippen molar-refractivity contribution in [3.63, 3.8) is 0 Å². The van der Waals surface area contributed by atoms with Crippen LogP contribution in [0, 0.1) is 17.3 Å². The maximum absolute atomic E-state index is 12.7. The van der Waals surface area contributed by atoms with Gasteiger partial charge in [-0.05, 0) is 67.9 Å². The van der Waals surface area contributed by atoms with Crippen molar-refractivity contribution in [2.45, 2.75) is 50.5 Å². The van der Waals surface area contributed by atoms with Crippen LogP contribution in [0.25, 0.3) is 10.9 Å². The molecule has 0 spiro atoms. The first kappa shape index (κ1) is 16.0. The first-order chi connectivity index (χ1) is 12.4. The van der Waals surface area contributed by atoms with Crippen LogP contribution in [-0.2, 0) is 4.79 Å². The van der Waals surface area contributed by atoms with Gasteiger partial charge in [-0.3, -0.25) is 15.0 Å². The SMILES string of the molecule is O=C(CC12CC3CC(CC(O)(C3)C1)C2)Nn1cnc2ccccc2c1=O. The third kappa shape index (κ3) is 2.55. The zero-order valence-corrected chi connectivity index (χ0v) is 14.6. The molecule has 136 valence electrons. The van der Waals surface area contributed by atoms with Crippen molar-refractivity contribution in [1.82, 2.24) is 9.66 Å². The predicted octanol–water partition coefficient (Wildman–Crippen LogP) is 2.19. The molecule has 2 unspecified atom stereocenters. The average Bonchev–Trinajstić information content (AvgIpc) is 2.55. The second-order valence-electron chi connectivity index (χ2n) is 8.83. The number of nitrogens with zero attached hydrogens (tertiary/aromatic N) is 2. The van der Waals surface area contributed by atoms with Crippen molar-refractivity contribution in [2.24, 2.45) is 17.3 Å². The fourth-order valence-corrected chi connectivity index (χ4v) is 6.27. The Balaban J connectivity index is 1.37. The fraction of sp³-hybridized carbons (Fsp3) is 0.550. The summed E-state index contributed by atoms with van der Waals surface area (Å²) in [6, 6.07) is 7.10. The summed E-state index contributed by atoms with van der Waals surface area (Å²) in [5, 5.41) is 11.3. The Morgan fingerprint density at radius 2 is 1.96 bits per heavy atom. The van der Waals surface area contributed by atoms with Gasteiger partial charge in [-0.15, -0.1) is 0 Å². The Labute approximate surface area is 151 Å². The molecule has 26 heavy (non-hydrogen) atoms. The van der Waals surface area contributed by atoms with Crippen molar-refractivity contribution in [3.05, 3.63) is 40.9 Å². The molecule has 0 radical (unpaired) electrons. The number of rotatable bonds is 3. The zero-order valence-electron chi connectivity index (χ0n) is 14.6. The number of fused-ring (bicyclic) bond motifs is 1. The molecule has 4 aliphatic carbocycles. The molecule has 0 aliphatic heterocycles. The minimum atomic E-state index is -0.578. The van der Waals surface area contributed by atoms with Crippen LogP contribution in [-0.4, -0.2) is 26.3 Å². The molecule has 1 heterocycles. The van der Waals surface area contributed by atoms with Gasteiger partial charge >= 0.3 is 0 Å². The molecule has 1 amide bonds. The minimum Gasteiger partial charge on any atom is -0.390 e. The highest BCUT2D eigenvalue weighted by atomic mass is 16.3. The molecule has 4 aliphatic rings. The van der Waals surface area contributed by atoms with E-state index >= 15 is 0 Å². The summed E-state index contributed by atoms with van der Waals surface area (Å²) in [4.78, 5) is 29.5. The highest BCUT2D eigenvalue weighted by Crippen LogP contribution is 2.62. The third-order valence-electron chi connectivity index (χ3n) is 6.60. The topological polar surface area (TPSA) is 84.2 Å². The van der Waals surface area contributed by atoms with Crippen molar-refractivity contribution >= 4 is 16.8 Å². The van der Waals surface area contributed by atoms with Crippen LogP contribution in [0.5, 0.6) is 0 Å². The van der Waals surface area contributed by atoms with Gasteiger partial charge in [0, 0.05) is 6.42 Å². The van der Waals surface area contributed by atoms with E-state index in [2.05, 4.69) is 10.4 Å². The molecule has 2 atom stereocenters. The molecule has 2 N–H and O–H groups in total. The summed E-state index contributed by atoms with van der Waals surface area (Å²) in [5.41, 5.74) is 2.37. The third-order valence-corrected chi connectivity index (χ3v) is 6.60. The lowest BCUT2D eigenvalue weighted by Crippen LogP contribution is -2.56. The van der Waals surface area contributed by atoms with Gasteiger partial charge in [0.25, 0.3) is 5.56 Å². The average molecular weight is 353 g/mol. The van der Waals surface area contributed by atoms with Gasteiger partial charge in [0.1, 0.15) is 6.33 Å². The molecule has 4 fully saturated rings. The van der Waals surface area contributed by atoms with Crippen LogP contribution in [0.2, 0.25) is 0 Å². The summed E-state index contributed by atoms with van der Waals surface area (Å²) in [6.07, 6.45) is 7.46. The molecule has 2 aromatic rings. The molecule has 4 saturated carbocycles. The van der Waals surface area contributed by atoms with Crippen molar-refractivity contribution in [2.75, 3.05) is 5.43 Å². The van der Waals surface area contributed by atoms with Crippen molar-refractivity contribution in [3.8, 4) is 0 Å². The maximum atomic E-state index is 12.7. The van der Waals surface area contributed by atoms with E-state index in [1.54, 1.807) is 18.2 Å². The van der Waals surface area contributed by atoms with Gasteiger partial charge in [0.15, 0.2) is 0 Å². The number of nitrogens with one attached hydrogen (secondary N) is 1. The number of aromatic nitrogens is 2. The highest BCUT2D eigenvalue weighted by molar-refractivity contribution is 5.85. The minimum absolute atomic E-state index is 0.114. The number of hydrogen-bond donors (Lipinski definition) is 2. The summed E-state index contributed by atoms with van der Waals surface area (Å²) >= 11 is 0. The van der Waals surface area contributed by atoms with Crippen molar-refractivity contribution in [1.29, 1.82) is 0 Å². The number of hydrogen-bond acceptors (Lipinski definition) is 4. The van der Waals surface area contributed by atoms with E-state index in [9.17, 15) is 14.7 Å². The van der Waals surface area contributed by atoms with E-state index in [1.165, 1.54) is 17.4 Å². The fourth-order valence-electron chi connectivity index (χ4n) is 6.27. The van der Waals surface area contributed by atoms with E-state index in [0.29, 0.717) is 35.6 Å². The quantitative estimate of drug-likeness (QED) is 0.886. The lowest BCUT2D eigenvalue weighted by atomic mass is 9.47. The van der Waals surface area contributed by atoms with E-state index in [1.807, 2.05) is 6.07 Å². The monoisotopic (exact) mass is 353 g/mol. The molecule has 6 rings (SSSR count). The lowest BCUT2D eigenvalue weighted by Gasteiger charge is -2.60. The van der Waals surface area contributed by atoms with Crippen molar-refractivity contribution < 1.29 is 9.90 Å². The standard InChI is InChI=1S/C20H23N3O3/c24-17(22-23-12-21-16-4-2-1-3-15(16)18(23)25)10-19-6-13-5-14(7-19)9-20(26,8-13)11-19/h1-4,12-14,26H,5-11H2,(H,22,24). The van der Waals surface area contributed by atoms with Gasteiger partial charge in [-0.25, -0.2) is 9.66 Å². The lowest BCUT2D eigenvalue weighted by molar-refractivity contribution is -0.168. The number of aliphatic hydroxyl groups is 1. The van der Waals surface area contributed by atoms with Gasteiger partial charge < -0.3 is 5.11 Å². The largest absolute Gasteiger partial charge is 0.390 e. The van der Waals surface area contributed by atoms with E-state index in [-0.39, 0.29) is 16.9 Å². The molecule has 0 saturated heterocycles. The first-order valence-electron chi connectivity index (χ1n) is 9.42. The summed E-state index contributed by atoms with van der Waals surface area (Å²) in [7, 11) is 0. The summed E-state index contributed by atoms with van der Waals surface area (Å²) < 4.78 is 1.18. The van der Waals surface area contributed by atoms with Crippen LogP contribution in [0.15, 0.2) is 35.4 Å². The summed E-state index contributed by atoms with van der Waals surface area (Å²) in [6.45, 7) is 0. The molecule has 1 aromatic carbocycles. The Hall–Kier alpha value is -2.21. The smallest absolute Gasteiger partial charge is 0.280 e. The van der Waals surface area contributed by atoms with Gasteiger partial charge in [0.05, 0.1) is 16.5 Å². The van der Waals surface area contributed by atoms with E-state index in [4.69, 9.17) is 0 Å². The molecular weight excluding hydrogens is 330 g/mol. The first-order valence-corrected chi connectivity index (χ1v) is 9.42. The number of benzene rings is 1. The van der Waals surface area contributed by atoms with Gasteiger partial charge in [0.2, 0.25) is 5.91 Å². The van der Waals surface area contributed by atoms with Crippen LogP contribution in [0.3, 0.4) is 0 Å². The Bertz CT molecular complexity index is 937. The molecule has 4 bridgehead atoms. The molecule has 6 nitrogen and oxygen atoms in total. The van der Waals surface area contributed by atoms with E-state index < -0.39 is 5.60 Å². The second kappa shape index (κ2) is 5.39. The highest BCUT2D eigenvalue weighted by Gasteiger charge is 2.57. The zero-order chi connectivity index (χ0) is 17.9. The molecule has 6 heteroatoms. The number of amides is 1. The van der Waals surface area contributed by atoms with Crippen LogP contribution >= 0.6 is 0 Å². The van der Waals surface area contributed by atoms with Crippen LogP contribution in [0.1, 0.15) is 44.9 Å². The van der Waals surface area contributed by atoms with Crippen LogP contribution in [0.4, 0.5) is 0 Å². The number of carbonyl (C=O) groups excluding carboxylic acids is 1. The van der Waals surface area contributed by atoms with E-state index in [0.717, 1.165) is 25.7 Å². The Morgan fingerprint density at radius 1 is 1.23 bits per heavy atom. The molecular formula is C20H23N3O3. The number of carbonyl (C=O) groups is 1. The predicted molar refractivity (Wildman–Crippen MR) is 97.1 cm³/mol. The molecule has 1 aromatic heterocycles. The Morgan fingerprint density at radius 3 is 2.69 bits per heavy atom. The number of para-hydroxylation sites is 1. The maximum Gasteiger partial charge on any atom is 0.280 e. The van der Waals surface area contributed by atoms with Crippen LogP contribution < -0.4 is 11.0 Å².